The lowest BCUT2D eigenvalue weighted by molar-refractivity contribution is 0.246. The molecule has 0 aromatic carbocycles. The minimum absolute atomic E-state index is 0.241. The van der Waals surface area contributed by atoms with Crippen molar-refractivity contribution in [3.05, 3.63) is 0 Å². The summed E-state index contributed by atoms with van der Waals surface area (Å²) in [7, 11) is 0. The van der Waals surface area contributed by atoms with Gasteiger partial charge in [0.25, 0.3) is 0 Å². The molecule has 0 aliphatic heterocycles. The molecule has 2 nitrogen and oxygen atoms in total. The number of hydrogen-bond acceptors (Lipinski definition) is 2. The summed E-state index contributed by atoms with van der Waals surface area (Å²) < 4.78 is 0. The topological polar surface area (TPSA) is 44.1 Å². The fraction of sp³-hybridized carbons (Fsp3) is 0.889. The standard InChI is InChI=1S/C9H19NO/c1-4-9(8(3)10)7(2)5-6-11/h7,9-11H,4-6H2,1-3H3/t7-,9-/m1/s1. The van der Waals surface area contributed by atoms with Crippen molar-refractivity contribution in [2.45, 2.75) is 33.6 Å². The number of rotatable bonds is 5. The van der Waals surface area contributed by atoms with E-state index in [2.05, 4.69) is 13.8 Å². The Hall–Kier alpha value is -0.370. The normalized spacial score (nSPS) is 16.0. The predicted molar refractivity (Wildman–Crippen MR) is 48.0 cm³/mol. The molecular formula is C9H19NO. The lowest BCUT2D eigenvalue weighted by Gasteiger charge is -2.20. The molecule has 0 aliphatic rings. The molecule has 2 N–H and O–H groups in total. The van der Waals surface area contributed by atoms with Gasteiger partial charge in [-0.15, -0.1) is 0 Å². The first-order chi connectivity index (χ1) is 5.13. The van der Waals surface area contributed by atoms with Crippen LogP contribution in [0.3, 0.4) is 0 Å². The van der Waals surface area contributed by atoms with E-state index in [-0.39, 0.29) is 6.61 Å². The molecule has 0 aromatic rings. The number of aliphatic hydroxyl groups excluding tert-OH is 1. The third-order valence-corrected chi connectivity index (χ3v) is 2.27. The zero-order valence-electron chi connectivity index (χ0n) is 7.72. The van der Waals surface area contributed by atoms with Crippen molar-refractivity contribution in [3.8, 4) is 0 Å². The van der Waals surface area contributed by atoms with Gasteiger partial charge in [0.1, 0.15) is 0 Å². The van der Waals surface area contributed by atoms with Crippen molar-refractivity contribution in [2.75, 3.05) is 6.61 Å². The van der Waals surface area contributed by atoms with Crippen LogP contribution in [-0.2, 0) is 0 Å². The first kappa shape index (κ1) is 10.6. The van der Waals surface area contributed by atoms with Crippen LogP contribution in [0.1, 0.15) is 33.6 Å². The van der Waals surface area contributed by atoms with Crippen molar-refractivity contribution in [1.82, 2.24) is 0 Å². The molecule has 0 heterocycles. The quantitative estimate of drug-likeness (QED) is 0.589. The largest absolute Gasteiger partial charge is 0.396 e. The monoisotopic (exact) mass is 157 g/mol. The molecule has 0 bridgehead atoms. The van der Waals surface area contributed by atoms with Crippen molar-refractivity contribution >= 4 is 5.71 Å². The second kappa shape index (κ2) is 5.30. The van der Waals surface area contributed by atoms with E-state index in [1.54, 1.807) is 0 Å². The summed E-state index contributed by atoms with van der Waals surface area (Å²) in [6, 6.07) is 0. The number of nitrogens with one attached hydrogen (secondary N) is 1. The van der Waals surface area contributed by atoms with Crippen LogP contribution in [0.5, 0.6) is 0 Å². The van der Waals surface area contributed by atoms with Gasteiger partial charge in [-0.25, -0.2) is 0 Å². The summed E-state index contributed by atoms with van der Waals surface area (Å²) in [5, 5.41) is 16.2. The molecule has 0 spiro atoms. The molecule has 0 saturated carbocycles. The van der Waals surface area contributed by atoms with Gasteiger partial charge in [0.15, 0.2) is 0 Å². The first-order valence-electron chi connectivity index (χ1n) is 4.29. The zero-order valence-corrected chi connectivity index (χ0v) is 7.72. The molecule has 66 valence electrons. The maximum absolute atomic E-state index is 8.69. The minimum atomic E-state index is 0.241. The molecule has 0 saturated heterocycles. The van der Waals surface area contributed by atoms with E-state index in [9.17, 15) is 0 Å². The van der Waals surface area contributed by atoms with E-state index in [0.717, 1.165) is 18.6 Å². The minimum Gasteiger partial charge on any atom is -0.396 e. The Kier molecular flexibility index (Phi) is 5.12. The fourth-order valence-corrected chi connectivity index (χ4v) is 1.54. The van der Waals surface area contributed by atoms with Gasteiger partial charge in [-0.3, -0.25) is 0 Å². The van der Waals surface area contributed by atoms with Crippen molar-refractivity contribution in [2.24, 2.45) is 11.8 Å². The van der Waals surface area contributed by atoms with Crippen LogP contribution in [0.25, 0.3) is 0 Å². The van der Waals surface area contributed by atoms with Crippen LogP contribution < -0.4 is 0 Å². The van der Waals surface area contributed by atoms with Crippen LogP contribution in [0.4, 0.5) is 0 Å². The Labute approximate surface area is 69.1 Å². The molecule has 0 unspecified atom stereocenters. The number of hydrogen-bond donors (Lipinski definition) is 2. The Bertz CT molecular complexity index is 123. The third-order valence-electron chi connectivity index (χ3n) is 2.27. The van der Waals surface area contributed by atoms with E-state index < -0.39 is 0 Å². The van der Waals surface area contributed by atoms with Gasteiger partial charge in [-0.05, 0) is 31.6 Å². The van der Waals surface area contributed by atoms with Crippen molar-refractivity contribution < 1.29 is 5.11 Å². The van der Waals surface area contributed by atoms with E-state index in [1.165, 1.54) is 0 Å². The maximum atomic E-state index is 8.69. The highest BCUT2D eigenvalue weighted by Crippen LogP contribution is 2.19. The molecular weight excluding hydrogens is 138 g/mol. The summed E-state index contributed by atoms with van der Waals surface area (Å²) in [6.45, 7) is 6.28. The Balaban J connectivity index is 3.91. The zero-order chi connectivity index (χ0) is 8.85. The second-order valence-corrected chi connectivity index (χ2v) is 3.19. The highest BCUT2D eigenvalue weighted by molar-refractivity contribution is 5.81. The van der Waals surface area contributed by atoms with Gasteiger partial charge in [0.2, 0.25) is 0 Å². The van der Waals surface area contributed by atoms with Gasteiger partial charge in [0.05, 0.1) is 0 Å². The predicted octanol–water partition coefficient (Wildman–Crippen LogP) is 2.07. The van der Waals surface area contributed by atoms with E-state index in [4.69, 9.17) is 10.5 Å². The van der Waals surface area contributed by atoms with Gasteiger partial charge in [0, 0.05) is 12.3 Å². The smallest absolute Gasteiger partial charge is 0.0433 e. The summed E-state index contributed by atoms with van der Waals surface area (Å²) in [6.07, 6.45) is 1.82. The van der Waals surface area contributed by atoms with Crippen LogP contribution >= 0.6 is 0 Å². The van der Waals surface area contributed by atoms with Gasteiger partial charge in [-0.1, -0.05) is 13.8 Å². The first-order valence-corrected chi connectivity index (χ1v) is 4.29. The summed E-state index contributed by atoms with van der Waals surface area (Å²) in [5.74, 6) is 0.810. The second-order valence-electron chi connectivity index (χ2n) is 3.19. The number of aliphatic hydroxyl groups is 1. The SMILES string of the molecule is CC[C@@H](C(C)=N)[C@H](C)CCO. The van der Waals surface area contributed by atoms with Crippen molar-refractivity contribution in [1.29, 1.82) is 5.41 Å². The van der Waals surface area contributed by atoms with Crippen LogP contribution in [0.15, 0.2) is 0 Å². The van der Waals surface area contributed by atoms with Gasteiger partial charge < -0.3 is 10.5 Å². The lowest BCUT2D eigenvalue weighted by atomic mass is 9.86. The van der Waals surface area contributed by atoms with Crippen LogP contribution in [-0.4, -0.2) is 17.4 Å². The van der Waals surface area contributed by atoms with E-state index >= 15 is 0 Å². The Morgan fingerprint density at radius 2 is 2.09 bits per heavy atom. The molecule has 0 aromatic heterocycles. The lowest BCUT2D eigenvalue weighted by Crippen LogP contribution is -2.19. The molecule has 11 heavy (non-hydrogen) atoms. The third kappa shape index (κ3) is 3.51. The molecule has 0 amide bonds. The van der Waals surface area contributed by atoms with E-state index in [1.807, 2.05) is 6.92 Å². The van der Waals surface area contributed by atoms with Crippen LogP contribution in [0.2, 0.25) is 0 Å². The molecule has 2 atom stereocenters. The summed E-state index contributed by atoms with van der Waals surface area (Å²) in [4.78, 5) is 0. The molecule has 0 fully saturated rings. The molecule has 0 rings (SSSR count). The fourth-order valence-electron chi connectivity index (χ4n) is 1.54. The summed E-state index contributed by atoms with van der Waals surface area (Å²) in [5.41, 5.74) is 0.744. The van der Waals surface area contributed by atoms with Gasteiger partial charge in [-0.2, -0.15) is 0 Å². The highest BCUT2D eigenvalue weighted by atomic mass is 16.3. The molecule has 2 heteroatoms. The Morgan fingerprint density at radius 1 is 1.55 bits per heavy atom. The Morgan fingerprint density at radius 3 is 2.36 bits per heavy atom. The molecule has 0 aliphatic carbocycles. The van der Waals surface area contributed by atoms with Crippen molar-refractivity contribution in [3.63, 3.8) is 0 Å². The average Bonchev–Trinajstić information content (AvgIpc) is 1.88. The maximum Gasteiger partial charge on any atom is 0.0433 e. The highest BCUT2D eigenvalue weighted by Gasteiger charge is 2.16. The molecule has 0 radical (unpaired) electrons. The van der Waals surface area contributed by atoms with Gasteiger partial charge >= 0.3 is 0 Å². The average molecular weight is 157 g/mol. The summed E-state index contributed by atoms with van der Waals surface area (Å²) >= 11 is 0. The van der Waals surface area contributed by atoms with E-state index in [0.29, 0.717) is 11.8 Å². The van der Waals surface area contributed by atoms with Crippen LogP contribution in [0, 0.1) is 17.2 Å².